The molecule has 1 amide bonds. The lowest BCUT2D eigenvalue weighted by Gasteiger charge is -2.25. The smallest absolute Gasteiger partial charge is 0.251 e. The first-order valence-electron chi connectivity index (χ1n) is 6.74. The molecule has 0 atom stereocenters. The second kappa shape index (κ2) is 5.53. The maximum absolute atomic E-state index is 12.1. The molecule has 0 bridgehead atoms. The molecule has 3 nitrogen and oxygen atoms in total. The molecule has 98 valence electrons. The molecule has 1 aliphatic carbocycles. The van der Waals surface area contributed by atoms with Gasteiger partial charge in [0, 0.05) is 11.1 Å². The van der Waals surface area contributed by atoms with E-state index in [-0.39, 0.29) is 11.4 Å². The average molecular weight is 246 g/mol. The summed E-state index contributed by atoms with van der Waals surface area (Å²) in [6.07, 6.45) is 5.46. The topological polar surface area (TPSA) is 55.1 Å². The van der Waals surface area contributed by atoms with Crippen LogP contribution in [0.2, 0.25) is 0 Å². The summed E-state index contributed by atoms with van der Waals surface area (Å²) in [6, 6.07) is 7.74. The minimum atomic E-state index is -0.00693. The Bertz CT molecular complexity index is 405. The molecule has 1 fully saturated rings. The van der Waals surface area contributed by atoms with Crippen LogP contribution in [0.1, 0.15) is 48.5 Å². The van der Waals surface area contributed by atoms with Gasteiger partial charge in [-0.1, -0.05) is 25.0 Å². The Labute approximate surface area is 109 Å². The van der Waals surface area contributed by atoms with E-state index in [1.54, 1.807) is 0 Å². The number of hydrogen-bond donors (Lipinski definition) is 2. The van der Waals surface area contributed by atoms with Crippen molar-refractivity contribution in [1.29, 1.82) is 0 Å². The average Bonchev–Trinajstić information content (AvgIpc) is 2.77. The van der Waals surface area contributed by atoms with Gasteiger partial charge in [0.2, 0.25) is 0 Å². The van der Waals surface area contributed by atoms with E-state index in [4.69, 9.17) is 5.73 Å². The van der Waals surface area contributed by atoms with Crippen molar-refractivity contribution in [2.24, 2.45) is 5.73 Å². The Kier molecular flexibility index (Phi) is 4.02. The van der Waals surface area contributed by atoms with E-state index in [0.29, 0.717) is 6.54 Å². The van der Waals surface area contributed by atoms with Crippen LogP contribution in [-0.2, 0) is 6.42 Å². The summed E-state index contributed by atoms with van der Waals surface area (Å²) in [4.78, 5) is 12.1. The summed E-state index contributed by atoms with van der Waals surface area (Å²) >= 11 is 0. The second-order valence-corrected chi connectivity index (χ2v) is 5.46. The first kappa shape index (κ1) is 13.1. The van der Waals surface area contributed by atoms with E-state index in [1.165, 1.54) is 18.4 Å². The first-order valence-corrected chi connectivity index (χ1v) is 6.74. The van der Waals surface area contributed by atoms with Gasteiger partial charge >= 0.3 is 0 Å². The predicted molar refractivity (Wildman–Crippen MR) is 73.5 cm³/mol. The van der Waals surface area contributed by atoms with Gasteiger partial charge in [-0.15, -0.1) is 0 Å². The number of amides is 1. The summed E-state index contributed by atoms with van der Waals surface area (Å²) < 4.78 is 0. The number of carbonyl (C=O) groups is 1. The Morgan fingerprint density at radius 3 is 2.44 bits per heavy atom. The van der Waals surface area contributed by atoms with E-state index in [1.807, 2.05) is 24.3 Å². The molecule has 0 radical (unpaired) electrons. The van der Waals surface area contributed by atoms with Crippen molar-refractivity contribution in [1.82, 2.24) is 5.32 Å². The fraction of sp³-hybridized carbons (Fsp3) is 0.533. The van der Waals surface area contributed by atoms with E-state index in [2.05, 4.69) is 12.2 Å². The molecular formula is C15H22N2O. The zero-order valence-electron chi connectivity index (χ0n) is 11.0. The molecule has 0 aromatic heterocycles. The Hall–Kier alpha value is -1.35. The van der Waals surface area contributed by atoms with Crippen LogP contribution < -0.4 is 11.1 Å². The van der Waals surface area contributed by atoms with Crippen LogP contribution in [0.15, 0.2) is 24.3 Å². The number of nitrogens with two attached hydrogens (primary N) is 1. The Balaban J connectivity index is 2.00. The minimum absolute atomic E-state index is 0.00693. The summed E-state index contributed by atoms with van der Waals surface area (Å²) in [5, 5.41) is 3.16. The summed E-state index contributed by atoms with van der Waals surface area (Å²) in [5.74, 6) is 0.0405. The SMILES string of the molecule is CC1(NC(=O)c2ccc(CCN)cc2)CCCC1. The third kappa shape index (κ3) is 3.10. The Morgan fingerprint density at radius 1 is 1.28 bits per heavy atom. The van der Waals surface area contributed by atoms with Gasteiger partial charge in [-0.3, -0.25) is 4.79 Å². The van der Waals surface area contributed by atoms with E-state index in [0.717, 1.165) is 24.8 Å². The molecule has 0 aliphatic heterocycles. The number of nitrogens with one attached hydrogen (secondary N) is 1. The van der Waals surface area contributed by atoms with Crippen LogP contribution in [0, 0.1) is 0 Å². The number of rotatable bonds is 4. The highest BCUT2D eigenvalue weighted by atomic mass is 16.1. The Morgan fingerprint density at radius 2 is 1.89 bits per heavy atom. The van der Waals surface area contributed by atoms with Crippen LogP contribution in [0.3, 0.4) is 0 Å². The molecule has 0 unspecified atom stereocenters. The fourth-order valence-electron chi connectivity index (χ4n) is 2.62. The molecule has 3 heteroatoms. The molecule has 1 aliphatic rings. The third-order valence-corrected chi connectivity index (χ3v) is 3.77. The van der Waals surface area contributed by atoms with Crippen molar-refractivity contribution in [3.8, 4) is 0 Å². The van der Waals surface area contributed by atoms with Gasteiger partial charge in [0.25, 0.3) is 5.91 Å². The quantitative estimate of drug-likeness (QED) is 0.856. The highest BCUT2D eigenvalue weighted by Gasteiger charge is 2.30. The highest BCUT2D eigenvalue weighted by molar-refractivity contribution is 5.94. The normalized spacial score (nSPS) is 17.7. The van der Waals surface area contributed by atoms with Crippen molar-refractivity contribution < 1.29 is 4.79 Å². The number of hydrogen-bond acceptors (Lipinski definition) is 2. The van der Waals surface area contributed by atoms with Gasteiger partial charge in [-0.2, -0.15) is 0 Å². The summed E-state index contributed by atoms with van der Waals surface area (Å²) in [6.45, 7) is 2.78. The van der Waals surface area contributed by atoms with Gasteiger partial charge < -0.3 is 11.1 Å². The van der Waals surface area contributed by atoms with Gasteiger partial charge in [0.05, 0.1) is 0 Å². The van der Waals surface area contributed by atoms with Gasteiger partial charge in [0.15, 0.2) is 0 Å². The first-order chi connectivity index (χ1) is 8.63. The van der Waals surface area contributed by atoms with E-state index >= 15 is 0 Å². The van der Waals surface area contributed by atoms with Gasteiger partial charge in [-0.05, 0) is 50.4 Å². The minimum Gasteiger partial charge on any atom is -0.347 e. The van der Waals surface area contributed by atoms with Gasteiger partial charge in [-0.25, -0.2) is 0 Å². The molecule has 18 heavy (non-hydrogen) atoms. The van der Waals surface area contributed by atoms with Crippen LogP contribution in [0.5, 0.6) is 0 Å². The third-order valence-electron chi connectivity index (χ3n) is 3.77. The van der Waals surface area contributed by atoms with E-state index < -0.39 is 0 Å². The van der Waals surface area contributed by atoms with Crippen molar-refractivity contribution in [2.75, 3.05) is 6.54 Å². The fourth-order valence-corrected chi connectivity index (χ4v) is 2.62. The van der Waals surface area contributed by atoms with Crippen molar-refractivity contribution in [2.45, 2.75) is 44.6 Å². The zero-order valence-corrected chi connectivity index (χ0v) is 11.0. The molecule has 2 rings (SSSR count). The van der Waals surface area contributed by atoms with Crippen LogP contribution in [-0.4, -0.2) is 18.0 Å². The van der Waals surface area contributed by atoms with Crippen molar-refractivity contribution in [3.63, 3.8) is 0 Å². The lowest BCUT2D eigenvalue weighted by atomic mass is 9.99. The summed E-state index contributed by atoms with van der Waals surface area (Å²) in [5.41, 5.74) is 7.42. The molecule has 0 heterocycles. The number of carbonyl (C=O) groups excluding carboxylic acids is 1. The highest BCUT2D eigenvalue weighted by Crippen LogP contribution is 2.29. The molecule has 3 N–H and O–H groups in total. The maximum atomic E-state index is 12.1. The molecule has 1 aromatic rings. The predicted octanol–water partition coefficient (Wildman–Crippen LogP) is 2.25. The lowest BCUT2D eigenvalue weighted by molar-refractivity contribution is 0.0908. The number of benzene rings is 1. The molecule has 0 spiro atoms. The molecule has 1 aromatic carbocycles. The maximum Gasteiger partial charge on any atom is 0.251 e. The van der Waals surface area contributed by atoms with Crippen molar-refractivity contribution in [3.05, 3.63) is 35.4 Å². The van der Waals surface area contributed by atoms with Crippen LogP contribution >= 0.6 is 0 Å². The lowest BCUT2D eigenvalue weighted by Crippen LogP contribution is -2.43. The van der Waals surface area contributed by atoms with Crippen LogP contribution in [0.25, 0.3) is 0 Å². The second-order valence-electron chi connectivity index (χ2n) is 5.46. The molecule has 0 saturated heterocycles. The molecule has 1 saturated carbocycles. The zero-order chi connectivity index (χ0) is 13.0. The molecular weight excluding hydrogens is 224 g/mol. The summed E-state index contributed by atoms with van der Waals surface area (Å²) in [7, 11) is 0. The van der Waals surface area contributed by atoms with Gasteiger partial charge in [0.1, 0.15) is 0 Å². The monoisotopic (exact) mass is 246 g/mol. The van der Waals surface area contributed by atoms with Crippen LogP contribution in [0.4, 0.5) is 0 Å². The van der Waals surface area contributed by atoms with Crippen molar-refractivity contribution >= 4 is 5.91 Å². The largest absolute Gasteiger partial charge is 0.347 e. The standard InChI is InChI=1S/C15H22N2O/c1-15(9-2-3-10-15)17-14(18)13-6-4-12(5-7-13)8-11-16/h4-7H,2-3,8-11,16H2,1H3,(H,17,18). The van der Waals surface area contributed by atoms with E-state index in [9.17, 15) is 4.79 Å².